The molecule has 0 amide bonds. The smallest absolute Gasteiger partial charge is 0.202 e. The Kier molecular flexibility index (Phi) is 3.58. The highest BCUT2D eigenvalue weighted by Gasteiger charge is 2.22. The molecule has 4 rings (SSSR count). The van der Waals surface area contributed by atoms with Gasteiger partial charge in [-0.2, -0.15) is 0 Å². The quantitative estimate of drug-likeness (QED) is 0.678. The molecule has 0 fully saturated rings. The van der Waals surface area contributed by atoms with Gasteiger partial charge in [0.15, 0.2) is 6.23 Å². The Morgan fingerprint density at radius 3 is 2.68 bits per heavy atom. The van der Waals surface area contributed by atoms with Crippen molar-refractivity contribution in [1.29, 1.82) is 0 Å². The van der Waals surface area contributed by atoms with E-state index in [1.54, 1.807) is 18.5 Å². The minimum absolute atomic E-state index is 0.0231. The Labute approximate surface area is 145 Å². The van der Waals surface area contributed by atoms with Gasteiger partial charge >= 0.3 is 0 Å². The van der Waals surface area contributed by atoms with Gasteiger partial charge in [-0.15, -0.1) is 0 Å². The number of hydrogen-bond acceptors (Lipinski definition) is 3. The standard InChI is InChI=1S/C20H19N3O2/c1-12-9-13(2)22-17(12)10-16-15-5-3-4-6-18(15)23(20(16)25)19(24)14-7-8-21-11-14/h3-11,19,21,24-25H,1-2H3. The topological polar surface area (TPSA) is 73.5 Å². The Bertz CT molecular complexity index is 1040. The number of hydrogen-bond donors (Lipinski definition) is 3. The van der Waals surface area contributed by atoms with Crippen LogP contribution in [0, 0.1) is 0 Å². The first-order chi connectivity index (χ1) is 12.1. The third-order valence-corrected chi connectivity index (χ3v) is 4.49. The van der Waals surface area contributed by atoms with Crippen LogP contribution in [0.15, 0.2) is 65.1 Å². The summed E-state index contributed by atoms with van der Waals surface area (Å²) in [5, 5.41) is 22.5. The molecule has 0 bridgehead atoms. The molecule has 1 aliphatic rings. The second kappa shape index (κ2) is 5.79. The predicted molar refractivity (Wildman–Crippen MR) is 99.6 cm³/mol. The van der Waals surface area contributed by atoms with Crippen molar-refractivity contribution < 1.29 is 10.2 Å². The molecular formula is C20H19N3O2. The lowest BCUT2D eigenvalue weighted by Gasteiger charge is -2.14. The average molecular weight is 333 g/mol. The van der Waals surface area contributed by atoms with Crippen LogP contribution < -0.4 is 0 Å². The van der Waals surface area contributed by atoms with E-state index in [2.05, 4.69) is 9.98 Å². The normalized spacial score (nSPS) is 17.2. The van der Waals surface area contributed by atoms with Gasteiger partial charge in [-0.3, -0.25) is 9.56 Å². The van der Waals surface area contributed by atoms with Gasteiger partial charge in [-0.05, 0) is 43.7 Å². The van der Waals surface area contributed by atoms with Crippen LogP contribution in [0.25, 0.3) is 17.0 Å². The van der Waals surface area contributed by atoms with Crippen molar-refractivity contribution in [3.63, 3.8) is 0 Å². The number of fused-ring (bicyclic) bond motifs is 1. The lowest BCUT2D eigenvalue weighted by atomic mass is 10.1. The summed E-state index contributed by atoms with van der Waals surface area (Å²) in [4.78, 5) is 7.45. The number of rotatable bonds is 3. The van der Waals surface area contributed by atoms with Gasteiger partial charge in [0.05, 0.1) is 11.2 Å². The zero-order valence-corrected chi connectivity index (χ0v) is 14.1. The van der Waals surface area contributed by atoms with Crippen molar-refractivity contribution >= 4 is 22.7 Å². The maximum Gasteiger partial charge on any atom is 0.202 e. The molecular weight excluding hydrogens is 314 g/mol. The summed E-state index contributed by atoms with van der Waals surface area (Å²) in [6.45, 7) is 3.94. The first kappa shape index (κ1) is 15.5. The molecule has 1 atom stereocenters. The summed E-state index contributed by atoms with van der Waals surface area (Å²) in [7, 11) is 0. The zero-order valence-electron chi connectivity index (χ0n) is 14.1. The third kappa shape index (κ3) is 2.49. The number of aromatic amines is 1. The molecule has 5 nitrogen and oxygen atoms in total. The van der Waals surface area contributed by atoms with E-state index in [0.717, 1.165) is 27.9 Å². The van der Waals surface area contributed by atoms with E-state index in [9.17, 15) is 10.2 Å². The van der Waals surface area contributed by atoms with E-state index in [1.807, 2.05) is 50.3 Å². The molecule has 1 unspecified atom stereocenters. The van der Waals surface area contributed by atoms with Crippen LogP contribution in [-0.2, 0) is 0 Å². The van der Waals surface area contributed by atoms with E-state index in [0.29, 0.717) is 11.1 Å². The molecule has 3 aromatic rings. The van der Waals surface area contributed by atoms with Crippen LogP contribution in [0.1, 0.15) is 31.2 Å². The number of H-pyrrole nitrogens is 1. The minimum atomic E-state index is -0.978. The fourth-order valence-corrected chi connectivity index (χ4v) is 3.29. The fraction of sp³-hybridized carbons (Fsp3) is 0.150. The summed E-state index contributed by atoms with van der Waals surface area (Å²) >= 11 is 0. The average Bonchev–Trinajstić information content (AvgIpc) is 3.28. The van der Waals surface area contributed by atoms with Gasteiger partial charge in [0.1, 0.15) is 0 Å². The molecule has 0 saturated carbocycles. The van der Waals surface area contributed by atoms with Crippen LogP contribution >= 0.6 is 0 Å². The monoisotopic (exact) mass is 333 g/mol. The number of aliphatic imine (C=N–C) groups is 1. The highest BCUT2D eigenvalue weighted by Crippen LogP contribution is 2.38. The highest BCUT2D eigenvalue weighted by atomic mass is 16.3. The molecule has 0 aliphatic carbocycles. The van der Waals surface area contributed by atoms with E-state index >= 15 is 0 Å². The van der Waals surface area contributed by atoms with Crippen LogP contribution in [0.4, 0.5) is 0 Å². The largest absolute Gasteiger partial charge is 0.494 e. The van der Waals surface area contributed by atoms with Crippen molar-refractivity contribution in [2.24, 2.45) is 4.99 Å². The fourth-order valence-electron chi connectivity index (χ4n) is 3.29. The van der Waals surface area contributed by atoms with E-state index < -0.39 is 6.23 Å². The molecule has 0 radical (unpaired) electrons. The Morgan fingerprint density at radius 1 is 1.20 bits per heavy atom. The molecule has 126 valence electrons. The summed E-state index contributed by atoms with van der Waals surface area (Å²) < 4.78 is 1.54. The Hall–Kier alpha value is -3.05. The maximum absolute atomic E-state index is 10.9. The van der Waals surface area contributed by atoms with Crippen LogP contribution in [0.5, 0.6) is 5.88 Å². The van der Waals surface area contributed by atoms with Gasteiger partial charge < -0.3 is 15.2 Å². The van der Waals surface area contributed by atoms with Gasteiger partial charge in [-0.25, -0.2) is 0 Å². The molecule has 25 heavy (non-hydrogen) atoms. The van der Waals surface area contributed by atoms with E-state index in [4.69, 9.17) is 0 Å². The van der Waals surface area contributed by atoms with Crippen molar-refractivity contribution in [2.75, 3.05) is 0 Å². The summed E-state index contributed by atoms with van der Waals surface area (Å²) in [6.07, 6.45) is 6.37. The molecule has 1 aliphatic heterocycles. The third-order valence-electron chi connectivity index (χ3n) is 4.49. The predicted octanol–water partition coefficient (Wildman–Crippen LogP) is 3.98. The lowest BCUT2D eigenvalue weighted by molar-refractivity contribution is 0.141. The maximum atomic E-state index is 10.9. The van der Waals surface area contributed by atoms with Gasteiger partial charge in [0.2, 0.25) is 5.88 Å². The van der Waals surface area contributed by atoms with Gasteiger partial charge in [0, 0.05) is 34.6 Å². The summed E-state index contributed by atoms with van der Waals surface area (Å²) in [5.41, 5.74) is 4.93. The second-order valence-corrected chi connectivity index (χ2v) is 6.25. The number of aliphatic hydroxyl groups excluding tert-OH is 1. The Balaban J connectivity index is 1.94. The van der Waals surface area contributed by atoms with Crippen LogP contribution in [-0.4, -0.2) is 25.5 Å². The molecule has 0 saturated heterocycles. The number of aliphatic hydroxyl groups is 1. The van der Waals surface area contributed by atoms with Gasteiger partial charge in [0.25, 0.3) is 0 Å². The summed E-state index contributed by atoms with van der Waals surface area (Å²) in [5.74, 6) is 0.0231. The van der Waals surface area contributed by atoms with Crippen molar-refractivity contribution in [2.45, 2.75) is 20.1 Å². The number of benzene rings is 1. The van der Waals surface area contributed by atoms with Crippen molar-refractivity contribution in [3.8, 4) is 5.88 Å². The molecule has 5 heteroatoms. The number of aromatic nitrogens is 2. The first-order valence-electron chi connectivity index (χ1n) is 8.14. The number of nitrogens with one attached hydrogen (secondary N) is 1. The summed E-state index contributed by atoms with van der Waals surface area (Å²) in [6, 6.07) is 9.42. The molecule has 3 heterocycles. The number of para-hydroxylation sites is 1. The van der Waals surface area contributed by atoms with Crippen LogP contribution in [0.2, 0.25) is 0 Å². The SMILES string of the molecule is CC1=CC(C)=NC1=Cc1c(O)n(C(O)c2cc[nH]c2)c2ccccc12. The first-order valence-corrected chi connectivity index (χ1v) is 8.14. The van der Waals surface area contributed by atoms with E-state index in [1.165, 1.54) is 4.57 Å². The molecule has 3 N–H and O–H groups in total. The molecule has 2 aromatic heterocycles. The van der Waals surface area contributed by atoms with Crippen molar-refractivity contribution in [1.82, 2.24) is 9.55 Å². The van der Waals surface area contributed by atoms with Crippen LogP contribution in [0.3, 0.4) is 0 Å². The number of nitrogens with zero attached hydrogens (tertiary/aromatic N) is 2. The van der Waals surface area contributed by atoms with E-state index in [-0.39, 0.29) is 5.88 Å². The van der Waals surface area contributed by atoms with Crippen molar-refractivity contribution in [3.05, 3.63) is 71.2 Å². The minimum Gasteiger partial charge on any atom is -0.494 e. The van der Waals surface area contributed by atoms with Gasteiger partial charge in [-0.1, -0.05) is 18.2 Å². The Morgan fingerprint density at radius 2 is 2.00 bits per heavy atom. The number of aromatic hydroxyl groups is 1. The highest BCUT2D eigenvalue weighted by molar-refractivity contribution is 6.00. The second-order valence-electron chi connectivity index (χ2n) is 6.25. The zero-order chi connectivity index (χ0) is 17.6. The molecule has 0 spiro atoms. The molecule has 1 aromatic carbocycles. The lowest BCUT2D eigenvalue weighted by Crippen LogP contribution is -2.08. The number of allylic oxidation sites excluding steroid dienone is 2.